The summed E-state index contributed by atoms with van der Waals surface area (Å²) < 4.78 is 0. The molecule has 0 saturated heterocycles. The summed E-state index contributed by atoms with van der Waals surface area (Å²) in [6, 6.07) is 11.3. The molecule has 1 heterocycles. The van der Waals surface area contributed by atoms with Gasteiger partial charge in [-0.3, -0.25) is 4.79 Å². The van der Waals surface area contributed by atoms with Crippen LogP contribution in [0, 0.1) is 6.92 Å². The summed E-state index contributed by atoms with van der Waals surface area (Å²) in [6.07, 6.45) is 2.08. The summed E-state index contributed by atoms with van der Waals surface area (Å²) in [5, 5.41) is 0.920. The Balaban J connectivity index is 1.84. The first-order valence-corrected chi connectivity index (χ1v) is 6.74. The lowest BCUT2D eigenvalue weighted by Gasteiger charge is -2.01. The number of carbonyl (C=O) groups is 1. The summed E-state index contributed by atoms with van der Waals surface area (Å²) in [6.45, 7) is 1.93. The van der Waals surface area contributed by atoms with Crippen LogP contribution in [0.5, 0.6) is 0 Å². The Morgan fingerprint density at radius 2 is 2.00 bits per heavy atom. The Morgan fingerprint density at radius 1 is 1.22 bits per heavy atom. The Kier molecular flexibility index (Phi) is 4.47. The molecule has 0 N–H and O–H groups in total. The van der Waals surface area contributed by atoms with E-state index in [1.807, 2.05) is 43.3 Å². The Hall–Kier alpha value is -1.68. The maximum Gasteiger partial charge on any atom is 0.163 e. The van der Waals surface area contributed by atoms with Gasteiger partial charge in [0.15, 0.2) is 5.78 Å². The average molecular weight is 258 g/mol. The van der Waals surface area contributed by atoms with Gasteiger partial charge in [0.05, 0.1) is 5.03 Å². The van der Waals surface area contributed by atoms with E-state index in [9.17, 15) is 4.79 Å². The highest BCUT2D eigenvalue weighted by atomic mass is 32.2. The quantitative estimate of drug-likeness (QED) is 0.469. The van der Waals surface area contributed by atoms with Gasteiger partial charge in [0.2, 0.25) is 0 Å². The van der Waals surface area contributed by atoms with E-state index in [4.69, 9.17) is 0 Å². The third-order valence-electron chi connectivity index (χ3n) is 2.45. The fourth-order valence-electron chi connectivity index (χ4n) is 1.53. The molecular formula is C14H14N2OS. The van der Waals surface area contributed by atoms with Crippen LogP contribution in [0.3, 0.4) is 0 Å². The highest BCUT2D eigenvalue weighted by molar-refractivity contribution is 7.99. The van der Waals surface area contributed by atoms with Crippen LogP contribution in [0.25, 0.3) is 0 Å². The topological polar surface area (TPSA) is 42.9 Å². The van der Waals surface area contributed by atoms with Crippen LogP contribution in [0.2, 0.25) is 0 Å². The molecule has 1 aromatic carbocycles. The summed E-state index contributed by atoms with van der Waals surface area (Å²) in [5.74, 6) is 0.915. The van der Waals surface area contributed by atoms with E-state index in [2.05, 4.69) is 9.97 Å². The van der Waals surface area contributed by atoms with Crippen molar-refractivity contribution >= 4 is 17.5 Å². The van der Waals surface area contributed by atoms with Crippen molar-refractivity contribution in [2.75, 3.05) is 5.75 Å². The lowest BCUT2D eigenvalue weighted by atomic mass is 10.1. The molecule has 3 nitrogen and oxygen atoms in total. The Bertz CT molecular complexity index is 528. The molecule has 0 amide bonds. The molecule has 1 aromatic heterocycles. The molecule has 0 fully saturated rings. The number of rotatable bonds is 5. The molecule has 0 spiro atoms. The number of hydrogen-bond acceptors (Lipinski definition) is 4. The SMILES string of the molecule is Cc1cc(SCCC(=O)c2ccccc2)ncn1. The number of aryl methyl sites for hydroxylation is 1. The minimum Gasteiger partial charge on any atom is -0.294 e. The largest absolute Gasteiger partial charge is 0.294 e. The van der Waals surface area contributed by atoms with E-state index in [0.29, 0.717) is 6.42 Å². The normalized spacial score (nSPS) is 10.3. The maximum atomic E-state index is 11.9. The summed E-state index contributed by atoms with van der Waals surface area (Å²) in [4.78, 5) is 20.0. The number of Topliss-reactive ketones (excluding diaryl/α,β-unsaturated/α-hetero) is 1. The maximum absolute atomic E-state index is 11.9. The van der Waals surface area contributed by atoms with Gasteiger partial charge in [-0.25, -0.2) is 9.97 Å². The monoisotopic (exact) mass is 258 g/mol. The molecule has 0 aliphatic carbocycles. The van der Waals surface area contributed by atoms with Crippen molar-refractivity contribution in [3.8, 4) is 0 Å². The van der Waals surface area contributed by atoms with Crippen LogP contribution in [-0.2, 0) is 0 Å². The minimum absolute atomic E-state index is 0.175. The highest BCUT2D eigenvalue weighted by Crippen LogP contribution is 2.17. The highest BCUT2D eigenvalue weighted by Gasteiger charge is 2.05. The second-order valence-electron chi connectivity index (χ2n) is 3.89. The first kappa shape index (κ1) is 12.8. The number of hydrogen-bond donors (Lipinski definition) is 0. The van der Waals surface area contributed by atoms with Crippen molar-refractivity contribution < 1.29 is 4.79 Å². The molecule has 0 aliphatic rings. The zero-order valence-electron chi connectivity index (χ0n) is 10.2. The van der Waals surface area contributed by atoms with Gasteiger partial charge < -0.3 is 0 Å². The van der Waals surface area contributed by atoms with Crippen molar-refractivity contribution in [2.45, 2.75) is 18.4 Å². The van der Waals surface area contributed by atoms with Gasteiger partial charge in [0.25, 0.3) is 0 Å². The molecular weight excluding hydrogens is 244 g/mol. The second kappa shape index (κ2) is 6.31. The van der Waals surface area contributed by atoms with E-state index >= 15 is 0 Å². The van der Waals surface area contributed by atoms with E-state index in [-0.39, 0.29) is 5.78 Å². The number of nitrogens with zero attached hydrogens (tertiary/aromatic N) is 2. The molecule has 0 radical (unpaired) electrons. The lowest BCUT2D eigenvalue weighted by molar-refractivity contribution is 0.0989. The fourth-order valence-corrected chi connectivity index (χ4v) is 2.40. The smallest absolute Gasteiger partial charge is 0.163 e. The number of ketones is 1. The Morgan fingerprint density at radius 3 is 2.72 bits per heavy atom. The molecule has 0 bridgehead atoms. The van der Waals surface area contributed by atoms with E-state index in [1.54, 1.807) is 18.1 Å². The molecule has 0 atom stereocenters. The first-order valence-electron chi connectivity index (χ1n) is 5.75. The predicted octanol–water partition coefficient (Wildman–Crippen LogP) is 3.15. The summed E-state index contributed by atoms with van der Waals surface area (Å²) in [7, 11) is 0. The number of carbonyl (C=O) groups excluding carboxylic acids is 1. The minimum atomic E-state index is 0.175. The second-order valence-corrected chi connectivity index (χ2v) is 5.00. The van der Waals surface area contributed by atoms with Crippen molar-refractivity contribution in [1.82, 2.24) is 9.97 Å². The Labute approximate surface area is 111 Å². The number of benzene rings is 1. The predicted molar refractivity (Wildman–Crippen MR) is 72.9 cm³/mol. The standard InChI is InChI=1S/C14H14N2OS/c1-11-9-14(16-10-15-11)18-8-7-13(17)12-5-3-2-4-6-12/h2-6,9-10H,7-8H2,1H3. The van der Waals surface area contributed by atoms with Gasteiger partial charge in [0.1, 0.15) is 6.33 Å². The lowest BCUT2D eigenvalue weighted by Crippen LogP contribution is -2.00. The third-order valence-corrected chi connectivity index (χ3v) is 3.38. The van der Waals surface area contributed by atoms with E-state index in [0.717, 1.165) is 22.0 Å². The van der Waals surface area contributed by atoms with Crippen LogP contribution in [0.15, 0.2) is 47.8 Å². The van der Waals surface area contributed by atoms with Crippen molar-refractivity contribution in [2.24, 2.45) is 0 Å². The zero-order valence-corrected chi connectivity index (χ0v) is 11.0. The van der Waals surface area contributed by atoms with Crippen LogP contribution in [0.4, 0.5) is 0 Å². The zero-order chi connectivity index (χ0) is 12.8. The van der Waals surface area contributed by atoms with Crippen LogP contribution in [-0.4, -0.2) is 21.5 Å². The molecule has 4 heteroatoms. The van der Waals surface area contributed by atoms with Gasteiger partial charge in [0, 0.05) is 23.4 Å². The molecule has 0 unspecified atom stereocenters. The third kappa shape index (κ3) is 3.67. The van der Waals surface area contributed by atoms with Crippen molar-refractivity contribution in [1.29, 1.82) is 0 Å². The summed E-state index contributed by atoms with van der Waals surface area (Å²) >= 11 is 1.59. The molecule has 92 valence electrons. The van der Waals surface area contributed by atoms with Gasteiger partial charge in [-0.1, -0.05) is 30.3 Å². The van der Waals surface area contributed by atoms with Gasteiger partial charge in [-0.2, -0.15) is 0 Å². The fraction of sp³-hybridized carbons (Fsp3) is 0.214. The van der Waals surface area contributed by atoms with Crippen LogP contribution >= 0.6 is 11.8 Å². The average Bonchev–Trinajstić information content (AvgIpc) is 2.40. The van der Waals surface area contributed by atoms with Crippen LogP contribution in [0.1, 0.15) is 22.5 Å². The molecule has 2 rings (SSSR count). The summed E-state index contributed by atoms with van der Waals surface area (Å²) in [5.41, 5.74) is 1.72. The molecule has 0 saturated carbocycles. The van der Waals surface area contributed by atoms with Crippen molar-refractivity contribution in [3.63, 3.8) is 0 Å². The van der Waals surface area contributed by atoms with Crippen molar-refractivity contribution in [3.05, 3.63) is 54.0 Å². The van der Waals surface area contributed by atoms with Gasteiger partial charge >= 0.3 is 0 Å². The molecule has 18 heavy (non-hydrogen) atoms. The van der Waals surface area contributed by atoms with E-state index in [1.165, 1.54) is 0 Å². The molecule has 0 aliphatic heterocycles. The van der Waals surface area contributed by atoms with Gasteiger partial charge in [-0.15, -0.1) is 11.8 Å². The molecule has 2 aromatic rings. The van der Waals surface area contributed by atoms with Crippen LogP contribution < -0.4 is 0 Å². The van der Waals surface area contributed by atoms with E-state index < -0.39 is 0 Å². The van der Waals surface area contributed by atoms with Gasteiger partial charge in [-0.05, 0) is 13.0 Å². The number of aromatic nitrogens is 2. The number of thioether (sulfide) groups is 1. The first-order chi connectivity index (χ1) is 8.75.